The summed E-state index contributed by atoms with van der Waals surface area (Å²) in [6, 6.07) is 30.5. The molecule has 1 aliphatic rings. The van der Waals surface area contributed by atoms with E-state index in [-0.39, 0.29) is 11.9 Å². The number of imidazole rings is 1. The molecule has 2 N–H and O–H groups in total. The van der Waals surface area contributed by atoms with Gasteiger partial charge in [0.05, 0.1) is 29.9 Å². The number of aromatic amines is 2. The summed E-state index contributed by atoms with van der Waals surface area (Å²) in [5.41, 5.74) is 8.18. The summed E-state index contributed by atoms with van der Waals surface area (Å²) in [4.78, 5) is 32.0. The second-order valence-corrected chi connectivity index (χ2v) is 10.1. The molecule has 7 rings (SSSR count). The van der Waals surface area contributed by atoms with Crippen LogP contribution in [0, 0.1) is 0 Å². The van der Waals surface area contributed by atoms with Gasteiger partial charge < -0.3 is 19.6 Å². The van der Waals surface area contributed by atoms with Gasteiger partial charge >= 0.3 is 0 Å². The second-order valence-electron chi connectivity index (χ2n) is 10.1. The molecule has 1 amide bonds. The Hall–Kier alpha value is -4.75. The number of nitrogens with one attached hydrogen (secondary N) is 2. The molecule has 0 radical (unpaired) electrons. The third-order valence-corrected chi connectivity index (χ3v) is 7.72. The average Bonchev–Trinajstić information content (AvgIpc) is 3.62. The van der Waals surface area contributed by atoms with E-state index in [0.717, 1.165) is 55.8 Å². The molecule has 0 unspecified atom stereocenters. The van der Waals surface area contributed by atoms with E-state index in [0.29, 0.717) is 32.6 Å². The maximum absolute atomic E-state index is 13.8. The number of benzene rings is 3. The van der Waals surface area contributed by atoms with Crippen LogP contribution in [0.25, 0.3) is 44.5 Å². The minimum absolute atomic E-state index is 0.0919. The summed E-state index contributed by atoms with van der Waals surface area (Å²) < 4.78 is 5.79. The average molecular weight is 528 g/mol. The molecular weight excluding hydrogens is 498 g/mol. The number of nitrogens with zero attached hydrogens (tertiary/aromatic N) is 3. The van der Waals surface area contributed by atoms with Crippen LogP contribution in [0.1, 0.15) is 23.9 Å². The molecule has 4 heterocycles. The minimum atomic E-state index is -0.239. The van der Waals surface area contributed by atoms with Gasteiger partial charge in [0.15, 0.2) is 0 Å². The highest BCUT2D eigenvalue weighted by molar-refractivity contribution is 5.93. The van der Waals surface area contributed by atoms with Gasteiger partial charge in [-0.1, -0.05) is 66.7 Å². The number of pyridine rings is 1. The fraction of sp³-hybridized carbons (Fsp3) is 0.182. The van der Waals surface area contributed by atoms with Crippen molar-refractivity contribution in [3.05, 3.63) is 109 Å². The number of amides is 1. The first-order valence-corrected chi connectivity index (χ1v) is 13.7. The van der Waals surface area contributed by atoms with Crippen LogP contribution in [0.15, 0.2) is 97.2 Å². The normalized spacial score (nSPS) is 15.6. The van der Waals surface area contributed by atoms with Crippen LogP contribution in [0.2, 0.25) is 0 Å². The van der Waals surface area contributed by atoms with Crippen LogP contribution in [0.5, 0.6) is 0 Å². The Morgan fingerprint density at radius 1 is 0.900 bits per heavy atom. The molecule has 1 aliphatic heterocycles. The summed E-state index contributed by atoms with van der Waals surface area (Å²) in [7, 11) is 0. The summed E-state index contributed by atoms with van der Waals surface area (Å²) in [5.74, 6) is 0.859. The van der Waals surface area contributed by atoms with Crippen LogP contribution in [-0.2, 0) is 16.0 Å². The number of H-pyrrole nitrogens is 2. The molecule has 1 saturated heterocycles. The monoisotopic (exact) mass is 527 g/mol. The predicted molar refractivity (Wildman–Crippen MR) is 157 cm³/mol. The van der Waals surface area contributed by atoms with E-state index in [9.17, 15) is 4.79 Å². The first-order chi connectivity index (χ1) is 19.8. The lowest BCUT2D eigenvalue weighted by Crippen LogP contribution is -2.44. The number of carbonyl (C=O) groups is 1. The van der Waals surface area contributed by atoms with E-state index in [1.165, 1.54) is 0 Å². The van der Waals surface area contributed by atoms with E-state index in [2.05, 4.69) is 69.5 Å². The molecule has 1 fully saturated rings. The van der Waals surface area contributed by atoms with Crippen molar-refractivity contribution in [3.8, 4) is 22.4 Å². The molecule has 3 aromatic carbocycles. The lowest BCUT2D eigenvalue weighted by molar-refractivity contribution is -0.140. The molecule has 0 spiro atoms. The highest BCUT2D eigenvalue weighted by atomic mass is 16.5. The van der Waals surface area contributed by atoms with Gasteiger partial charge in [-0.15, -0.1) is 0 Å². The lowest BCUT2D eigenvalue weighted by Gasteiger charge is -2.34. The van der Waals surface area contributed by atoms with Crippen molar-refractivity contribution in [1.82, 2.24) is 24.8 Å². The fourth-order valence-electron chi connectivity index (χ4n) is 5.77. The van der Waals surface area contributed by atoms with Gasteiger partial charge in [0.25, 0.3) is 0 Å². The van der Waals surface area contributed by atoms with Crippen LogP contribution < -0.4 is 0 Å². The maximum atomic E-state index is 13.8. The summed E-state index contributed by atoms with van der Waals surface area (Å²) in [6.45, 7) is 1.49. The van der Waals surface area contributed by atoms with Crippen LogP contribution in [-0.4, -0.2) is 50.5 Å². The molecule has 0 bridgehead atoms. The summed E-state index contributed by atoms with van der Waals surface area (Å²) in [6.07, 6.45) is 2.76. The molecule has 7 heteroatoms. The van der Waals surface area contributed by atoms with E-state index in [4.69, 9.17) is 9.72 Å². The fourth-order valence-corrected chi connectivity index (χ4v) is 5.77. The number of ether oxygens (including phenoxy) is 1. The first-order valence-electron chi connectivity index (χ1n) is 13.7. The Kier molecular flexibility index (Phi) is 6.34. The quantitative estimate of drug-likeness (QED) is 0.266. The lowest BCUT2D eigenvalue weighted by atomic mass is 9.94. The molecular formula is C33H29N5O2. The SMILES string of the molecule is O=C(CCc1c(-c2ccccc2-c2ccccc2)[nH]c2ncccc12)N1CCOC[C@H]1c1nc2ccccc2[nH]1. The highest BCUT2D eigenvalue weighted by Gasteiger charge is 2.31. The van der Waals surface area contributed by atoms with E-state index in [1.54, 1.807) is 6.20 Å². The number of hydrogen-bond donors (Lipinski definition) is 2. The van der Waals surface area contributed by atoms with E-state index >= 15 is 0 Å². The molecule has 7 nitrogen and oxygen atoms in total. The molecule has 0 aliphatic carbocycles. The number of carbonyl (C=O) groups excluding carboxylic acids is 1. The van der Waals surface area contributed by atoms with E-state index in [1.807, 2.05) is 41.3 Å². The van der Waals surface area contributed by atoms with Crippen molar-refractivity contribution in [2.45, 2.75) is 18.9 Å². The minimum Gasteiger partial charge on any atom is -0.377 e. The third kappa shape index (κ3) is 4.44. The second kappa shape index (κ2) is 10.4. The Labute approximate surface area is 231 Å². The number of hydrogen-bond acceptors (Lipinski definition) is 4. The van der Waals surface area contributed by atoms with Gasteiger partial charge in [-0.25, -0.2) is 9.97 Å². The van der Waals surface area contributed by atoms with Crippen molar-refractivity contribution >= 4 is 28.0 Å². The number of rotatable bonds is 6. The number of aromatic nitrogens is 4. The van der Waals surface area contributed by atoms with Crippen molar-refractivity contribution in [3.63, 3.8) is 0 Å². The van der Waals surface area contributed by atoms with Crippen LogP contribution >= 0.6 is 0 Å². The molecule has 3 aromatic heterocycles. The first kappa shape index (κ1) is 24.3. The summed E-state index contributed by atoms with van der Waals surface area (Å²) >= 11 is 0. The highest BCUT2D eigenvalue weighted by Crippen LogP contribution is 2.37. The Morgan fingerprint density at radius 3 is 2.58 bits per heavy atom. The maximum Gasteiger partial charge on any atom is 0.223 e. The van der Waals surface area contributed by atoms with E-state index < -0.39 is 0 Å². The van der Waals surface area contributed by atoms with Crippen molar-refractivity contribution < 1.29 is 9.53 Å². The van der Waals surface area contributed by atoms with Gasteiger partial charge in [-0.2, -0.15) is 0 Å². The zero-order valence-electron chi connectivity index (χ0n) is 22.0. The largest absolute Gasteiger partial charge is 0.377 e. The zero-order valence-corrected chi connectivity index (χ0v) is 22.0. The predicted octanol–water partition coefficient (Wildman–Crippen LogP) is 6.31. The van der Waals surface area contributed by atoms with Crippen molar-refractivity contribution in [1.29, 1.82) is 0 Å². The van der Waals surface area contributed by atoms with Gasteiger partial charge in [0.1, 0.15) is 17.5 Å². The molecule has 40 heavy (non-hydrogen) atoms. The summed E-state index contributed by atoms with van der Waals surface area (Å²) in [5, 5.41) is 1.05. The number of fused-ring (bicyclic) bond motifs is 2. The smallest absolute Gasteiger partial charge is 0.223 e. The van der Waals surface area contributed by atoms with Gasteiger partial charge in [0.2, 0.25) is 5.91 Å². The Bertz CT molecular complexity index is 1770. The molecule has 198 valence electrons. The van der Waals surface area contributed by atoms with Crippen LogP contribution in [0.3, 0.4) is 0 Å². The van der Waals surface area contributed by atoms with Crippen molar-refractivity contribution in [2.75, 3.05) is 19.8 Å². The van der Waals surface area contributed by atoms with Gasteiger partial charge in [-0.3, -0.25) is 4.79 Å². The van der Waals surface area contributed by atoms with Crippen LogP contribution in [0.4, 0.5) is 0 Å². The number of morpholine rings is 1. The van der Waals surface area contributed by atoms with Gasteiger partial charge in [-0.05, 0) is 47.4 Å². The molecule has 1 atom stereocenters. The molecule has 6 aromatic rings. The zero-order chi connectivity index (χ0) is 26.9. The van der Waals surface area contributed by atoms with Crippen molar-refractivity contribution in [2.24, 2.45) is 0 Å². The molecule has 0 saturated carbocycles. The standard InChI is InChI=1S/C33H29N5O2/c39-30(38-19-20-40-21-29(38)33-35-27-14-6-7-15-28(27)36-33)17-16-25-26-13-8-18-34-32(26)37-31(25)24-12-5-4-11-23(24)22-9-2-1-3-10-22/h1-15,18,29H,16-17,19-21H2,(H,34,37)(H,35,36)/t29-/m0/s1. The topological polar surface area (TPSA) is 86.9 Å². The Balaban J connectivity index is 1.21. The number of aryl methyl sites for hydroxylation is 1. The number of para-hydroxylation sites is 2. The Morgan fingerprint density at radius 2 is 1.70 bits per heavy atom. The third-order valence-electron chi connectivity index (χ3n) is 7.72. The van der Waals surface area contributed by atoms with Gasteiger partial charge in [0, 0.05) is 30.1 Å².